The van der Waals surface area contributed by atoms with Crippen LogP contribution in [0, 0.1) is 11.8 Å². The number of ether oxygens (including phenoxy) is 1. The Morgan fingerprint density at radius 3 is 2.84 bits per heavy atom. The molecule has 0 aliphatic carbocycles. The molecular weight excluding hydrogens is 514 g/mol. The molecule has 6 N–H and O–H groups in total. The van der Waals surface area contributed by atoms with Crippen LogP contribution in [0.25, 0.3) is 0 Å². The largest absolute Gasteiger partial charge is 0.394 e. The van der Waals surface area contributed by atoms with Crippen molar-refractivity contribution in [3.63, 3.8) is 0 Å². The minimum absolute atomic E-state index is 0.0281. The number of amides is 3. The third-order valence-corrected chi connectivity index (χ3v) is 8.53. The number of thioether (sulfide) groups is 1. The van der Waals surface area contributed by atoms with Crippen molar-refractivity contribution in [2.45, 2.75) is 87.1 Å². The highest BCUT2D eigenvalue weighted by molar-refractivity contribution is 8.00. The summed E-state index contributed by atoms with van der Waals surface area (Å²) in [5.41, 5.74) is -1.15. The van der Waals surface area contributed by atoms with Crippen molar-refractivity contribution in [1.82, 2.24) is 25.5 Å². The van der Waals surface area contributed by atoms with Gasteiger partial charge in [-0.15, -0.1) is 0 Å². The second-order valence-electron chi connectivity index (χ2n) is 9.80. The molecule has 6 atom stereocenters. The minimum Gasteiger partial charge on any atom is -0.394 e. The molecule has 3 saturated heterocycles. The summed E-state index contributed by atoms with van der Waals surface area (Å²) in [4.78, 5) is 50.0. The zero-order chi connectivity index (χ0) is 27.1. The van der Waals surface area contributed by atoms with Crippen LogP contribution in [0.4, 0.5) is 4.79 Å². The molecule has 3 unspecified atom stereocenters. The van der Waals surface area contributed by atoms with Gasteiger partial charge in [-0.25, -0.2) is 9.59 Å². The van der Waals surface area contributed by atoms with Gasteiger partial charge >= 0.3 is 11.7 Å². The number of hydrogen-bond acceptors (Lipinski definition) is 8. The Labute approximate surface area is 224 Å². The van der Waals surface area contributed by atoms with Gasteiger partial charge in [-0.2, -0.15) is 11.8 Å². The van der Waals surface area contributed by atoms with Crippen molar-refractivity contribution in [1.29, 1.82) is 0 Å². The minimum atomic E-state index is -0.905. The van der Waals surface area contributed by atoms with Crippen molar-refractivity contribution in [2.24, 2.45) is 0 Å². The molecule has 12 nitrogen and oxygen atoms in total. The Kier molecular flexibility index (Phi) is 9.90. The van der Waals surface area contributed by atoms with Crippen LogP contribution in [0.3, 0.4) is 0 Å². The molecule has 0 bridgehead atoms. The Bertz CT molecular complexity index is 1180. The van der Waals surface area contributed by atoms with E-state index in [-0.39, 0.29) is 42.6 Å². The molecule has 0 spiro atoms. The molecule has 3 aliphatic heterocycles. The zero-order valence-electron chi connectivity index (χ0n) is 21.1. The second kappa shape index (κ2) is 13.3. The predicted octanol–water partition coefficient (Wildman–Crippen LogP) is -0.459. The fourth-order valence-electron chi connectivity index (χ4n) is 4.92. The standard InChI is InChI=1S/C25H35N5O7S/c31-13-18-17(32)11-21(37-18)30-12-15(23(34)29-25(30)36)7-3-1-2-6-10-26-20(33)9-5-4-8-19-22-16(14-38-19)27-24(35)28-22/h12,16-19,21-22,31-32H,1-2,4-6,8-11,13-14H2,(H,26,33)(H2,27,28,35)(H,29,34,36)/t16?,17-,18+,19?,21+,22?/m0/s1. The van der Waals surface area contributed by atoms with Gasteiger partial charge in [0.1, 0.15) is 17.9 Å². The van der Waals surface area contributed by atoms with E-state index in [9.17, 15) is 29.4 Å². The number of unbranched alkanes of at least 4 members (excludes halogenated alkanes) is 3. The average molecular weight is 550 g/mol. The summed E-state index contributed by atoms with van der Waals surface area (Å²) in [5.74, 6) is 6.67. The number of carbonyl (C=O) groups is 2. The van der Waals surface area contributed by atoms with E-state index in [1.54, 1.807) is 0 Å². The molecule has 4 heterocycles. The predicted molar refractivity (Wildman–Crippen MR) is 141 cm³/mol. The highest BCUT2D eigenvalue weighted by Crippen LogP contribution is 2.33. The van der Waals surface area contributed by atoms with Crippen LogP contribution in [-0.4, -0.2) is 80.1 Å². The molecule has 13 heteroatoms. The van der Waals surface area contributed by atoms with E-state index in [0.29, 0.717) is 24.6 Å². The van der Waals surface area contributed by atoms with Crippen LogP contribution in [0.1, 0.15) is 63.2 Å². The Morgan fingerprint density at radius 1 is 1.21 bits per heavy atom. The molecule has 1 aromatic rings. The number of H-pyrrole nitrogens is 1. The van der Waals surface area contributed by atoms with Crippen LogP contribution in [0.5, 0.6) is 0 Å². The molecule has 3 aliphatic rings. The lowest BCUT2D eigenvalue weighted by molar-refractivity contribution is -0.121. The maximum absolute atomic E-state index is 12.2. The normalized spacial score (nSPS) is 27.8. The number of nitrogens with one attached hydrogen (secondary N) is 4. The summed E-state index contributed by atoms with van der Waals surface area (Å²) in [5, 5.41) is 28.4. The van der Waals surface area contributed by atoms with Gasteiger partial charge in [0, 0.05) is 43.0 Å². The van der Waals surface area contributed by atoms with Gasteiger partial charge in [-0.3, -0.25) is 19.1 Å². The molecule has 4 rings (SSSR count). The molecule has 0 aromatic carbocycles. The number of nitrogens with zero attached hydrogens (tertiary/aromatic N) is 1. The monoisotopic (exact) mass is 549 g/mol. The van der Waals surface area contributed by atoms with Crippen molar-refractivity contribution < 1.29 is 24.5 Å². The number of fused-ring (bicyclic) bond motifs is 1. The maximum Gasteiger partial charge on any atom is 0.330 e. The third-order valence-electron chi connectivity index (χ3n) is 7.02. The molecule has 3 amide bonds. The highest BCUT2D eigenvalue weighted by Gasteiger charge is 2.42. The number of carbonyl (C=O) groups excluding carboxylic acids is 2. The van der Waals surface area contributed by atoms with Gasteiger partial charge < -0.3 is 30.9 Å². The first-order valence-electron chi connectivity index (χ1n) is 13.1. The summed E-state index contributed by atoms with van der Waals surface area (Å²) in [7, 11) is 0. The highest BCUT2D eigenvalue weighted by atomic mass is 32.2. The van der Waals surface area contributed by atoms with Crippen molar-refractivity contribution in [3.05, 3.63) is 32.6 Å². The number of hydrogen-bond donors (Lipinski definition) is 6. The Hall–Kier alpha value is -2.79. The third kappa shape index (κ3) is 7.19. The van der Waals surface area contributed by atoms with Crippen molar-refractivity contribution in [2.75, 3.05) is 18.9 Å². The lowest BCUT2D eigenvalue weighted by Gasteiger charge is -2.16. The van der Waals surface area contributed by atoms with E-state index in [0.717, 1.165) is 37.9 Å². The average Bonchev–Trinajstić information content (AvgIpc) is 3.56. The molecule has 0 radical (unpaired) electrons. The van der Waals surface area contributed by atoms with Crippen LogP contribution in [-0.2, 0) is 9.53 Å². The number of rotatable bonds is 11. The zero-order valence-corrected chi connectivity index (χ0v) is 21.9. The summed E-state index contributed by atoms with van der Waals surface area (Å²) < 4.78 is 6.66. The van der Waals surface area contributed by atoms with Gasteiger partial charge in [0.05, 0.1) is 24.8 Å². The Morgan fingerprint density at radius 2 is 2.05 bits per heavy atom. The summed E-state index contributed by atoms with van der Waals surface area (Å²) in [6.07, 6.45) is 4.19. The van der Waals surface area contributed by atoms with Crippen LogP contribution in [0.2, 0.25) is 0 Å². The quantitative estimate of drug-likeness (QED) is 0.122. The number of aromatic nitrogens is 2. The van der Waals surface area contributed by atoms with Crippen molar-refractivity contribution in [3.8, 4) is 11.8 Å². The molecule has 208 valence electrons. The van der Waals surface area contributed by atoms with Gasteiger partial charge in [0.25, 0.3) is 5.56 Å². The lowest BCUT2D eigenvalue weighted by Crippen LogP contribution is -2.36. The molecule has 0 saturated carbocycles. The smallest absolute Gasteiger partial charge is 0.330 e. The van der Waals surface area contributed by atoms with E-state index in [1.165, 1.54) is 10.8 Å². The molecule has 1 aromatic heterocycles. The first-order chi connectivity index (χ1) is 18.4. The van der Waals surface area contributed by atoms with E-state index in [2.05, 4.69) is 32.8 Å². The van der Waals surface area contributed by atoms with Crippen molar-refractivity contribution >= 4 is 23.7 Å². The van der Waals surface area contributed by atoms with E-state index < -0.39 is 29.7 Å². The molecule has 38 heavy (non-hydrogen) atoms. The summed E-state index contributed by atoms with van der Waals surface area (Å²) >= 11 is 1.88. The number of urea groups is 1. The lowest BCUT2D eigenvalue weighted by atomic mass is 10.0. The SMILES string of the molecule is O=C(CCCCC1SCC2NC(=O)NC21)NCCCCC#Cc1cn([C@H]2C[C@H](O)[C@@H](CO)O2)c(=O)[nH]c1=O. The van der Waals surface area contributed by atoms with Gasteiger partial charge in [0.15, 0.2) is 0 Å². The van der Waals surface area contributed by atoms with Crippen LogP contribution >= 0.6 is 11.8 Å². The first-order valence-corrected chi connectivity index (χ1v) is 14.1. The number of aliphatic hydroxyl groups is 2. The Balaban J connectivity index is 1.10. The fourth-order valence-corrected chi connectivity index (χ4v) is 6.47. The number of aromatic amines is 1. The van der Waals surface area contributed by atoms with E-state index in [4.69, 9.17) is 4.74 Å². The number of aliphatic hydroxyl groups excluding tert-OH is 2. The maximum atomic E-state index is 12.2. The first kappa shape index (κ1) is 28.2. The summed E-state index contributed by atoms with van der Waals surface area (Å²) in [6.45, 7) is 0.183. The second-order valence-corrected chi connectivity index (χ2v) is 11.1. The molecule has 3 fully saturated rings. The summed E-state index contributed by atoms with van der Waals surface area (Å²) in [6, 6.07) is 0.344. The van der Waals surface area contributed by atoms with Crippen LogP contribution in [0.15, 0.2) is 15.8 Å². The molecular formula is C25H35N5O7S. The van der Waals surface area contributed by atoms with Crippen LogP contribution < -0.4 is 27.2 Å². The van der Waals surface area contributed by atoms with E-state index in [1.807, 2.05) is 11.8 Å². The van der Waals surface area contributed by atoms with E-state index >= 15 is 0 Å². The van der Waals surface area contributed by atoms with Gasteiger partial charge in [-0.1, -0.05) is 18.3 Å². The fraction of sp³-hybridized carbons (Fsp3) is 0.680. The van der Waals surface area contributed by atoms with Gasteiger partial charge in [-0.05, 0) is 25.7 Å². The van der Waals surface area contributed by atoms with Gasteiger partial charge in [0.2, 0.25) is 5.91 Å². The topological polar surface area (TPSA) is 175 Å².